The smallest absolute Gasteiger partial charge is 0.141 e. The molecule has 0 unspecified atom stereocenters. The Balaban J connectivity index is 2.63. The van der Waals surface area contributed by atoms with Crippen molar-refractivity contribution in [2.24, 2.45) is 0 Å². The van der Waals surface area contributed by atoms with Crippen molar-refractivity contribution in [3.05, 3.63) is 36.5 Å². The molecule has 0 radical (unpaired) electrons. The van der Waals surface area contributed by atoms with E-state index in [0.717, 1.165) is 5.52 Å². The van der Waals surface area contributed by atoms with E-state index in [0.29, 0.717) is 0 Å². The highest BCUT2D eigenvalue weighted by molar-refractivity contribution is 7.26. The Hall–Kier alpha value is -1.35. The molecule has 2 heterocycles. The van der Waals surface area contributed by atoms with Crippen LogP contribution in [0.25, 0.3) is 20.3 Å². The van der Waals surface area contributed by atoms with E-state index in [2.05, 4.69) is 43.2 Å². The summed E-state index contributed by atoms with van der Waals surface area (Å²) in [5, 5.41) is 1.27. The van der Waals surface area contributed by atoms with Crippen molar-refractivity contribution in [1.29, 1.82) is 0 Å². The van der Waals surface area contributed by atoms with E-state index >= 15 is 0 Å². The fraction of sp³-hybridized carbons (Fsp3) is 0. The van der Waals surface area contributed by atoms with Gasteiger partial charge in [0.1, 0.15) is 7.85 Å². The second-order valence-corrected chi connectivity index (χ2v) is 4.46. The molecule has 66 valence electrons. The molecule has 1 nitrogen and oxygen atoms in total. The molecule has 0 saturated carbocycles. The Morgan fingerprint density at radius 2 is 2.00 bits per heavy atom. The van der Waals surface area contributed by atoms with E-state index < -0.39 is 0 Å². The van der Waals surface area contributed by atoms with E-state index in [4.69, 9.17) is 0 Å². The first-order chi connectivity index (χ1) is 6.86. The zero-order valence-corrected chi connectivity index (χ0v) is 8.64. The van der Waals surface area contributed by atoms with Crippen molar-refractivity contribution in [3.8, 4) is 0 Å². The maximum atomic E-state index is 4.44. The Morgan fingerprint density at radius 1 is 1.14 bits per heavy atom. The highest BCUT2D eigenvalue weighted by Gasteiger charge is 2.05. The molecule has 3 rings (SSSR count). The zero-order valence-electron chi connectivity index (χ0n) is 7.82. The average molecular weight is 197 g/mol. The minimum absolute atomic E-state index is 1.14. The summed E-state index contributed by atoms with van der Waals surface area (Å²) < 4.78 is 2.64. The van der Waals surface area contributed by atoms with Crippen molar-refractivity contribution in [2.45, 2.75) is 0 Å². The molecule has 3 heteroatoms. The number of benzene rings is 1. The largest absolute Gasteiger partial charge is 0.255 e. The quantitative estimate of drug-likeness (QED) is 0.500. The Kier molecular flexibility index (Phi) is 1.61. The highest BCUT2D eigenvalue weighted by Crippen LogP contribution is 2.30. The first-order valence-electron chi connectivity index (χ1n) is 4.59. The van der Waals surface area contributed by atoms with Gasteiger partial charge in [0, 0.05) is 21.0 Å². The molecule has 2 aromatic heterocycles. The minimum Gasteiger partial charge on any atom is -0.255 e. The third kappa shape index (κ3) is 0.991. The number of thiophene rings is 1. The van der Waals surface area contributed by atoms with Crippen LogP contribution in [0, 0.1) is 0 Å². The summed E-state index contributed by atoms with van der Waals surface area (Å²) in [6.45, 7) is 0. The monoisotopic (exact) mass is 197 g/mol. The van der Waals surface area contributed by atoms with Gasteiger partial charge in [0.2, 0.25) is 0 Å². The van der Waals surface area contributed by atoms with Crippen molar-refractivity contribution in [2.75, 3.05) is 0 Å². The lowest BCUT2D eigenvalue weighted by atomic mass is 9.97. The van der Waals surface area contributed by atoms with Crippen LogP contribution in [-0.2, 0) is 0 Å². The summed E-state index contributed by atoms with van der Waals surface area (Å²) in [7, 11) is 2.14. The molecule has 1 aromatic carbocycles. The van der Waals surface area contributed by atoms with Crippen molar-refractivity contribution < 1.29 is 0 Å². The molecule has 0 aliphatic carbocycles. The van der Waals surface area contributed by atoms with Crippen LogP contribution in [0.5, 0.6) is 0 Å². The highest BCUT2D eigenvalue weighted by atomic mass is 32.1. The summed E-state index contributed by atoms with van der Waals surface area (Å²) in [4.78, 5) is 4.44. The summed E-state index contributed by atoms with van der Waals surface area (Å²) in [5.41, 5.74) is 2.46. The molecular weight excluding hydrogens is 189 g/mol. The first-order valence-corrected chi connectivity index (χ1v) is 5.41. The summed E-state index contributed by atoms with van der Waals surface area (Å²) >= 11 is 1.83. The summed E-state index contributed by atoms with van der Waals surface area (Å²) in [5.74, 6) is 0. The second kappa shape index (κ2) is 2.82. The van der Waals surface area contributed by atoms with Crippen LogP contribution in [0.2, 0.25) is 0 Å². The third-order valence-electron chi connectivity index (χ3n) is 2.46. The zero-order chi connectivity index (χ0) is 9.54. The van der Waals surface area contributed by atoms with Crippen LogP contribution in [0.1, 0.15) is 0 Å². The maximum absolute atomic E-state index is 4.44. The second-order valence-electron chi connectivity index (χ2n) is 3.40. The molecule has 14 heavy (non-hydrogen) atoms. The van der Waals surface area contributed by atoms with Gasteiger partial charge >= 0.3 is 0 Å². The lowest BCUT2D eigenvalue weighted by Crippen LogP contribution is -2.01. The minimum atomic E-state index is 1.14. The Labute approximate surface area is 86.8 Å². The van der Waals surface area contributed by atoms with Gasteiger partial charge in [0.25, 0.3) is 0 Å². The Bertz CT molecular complexity index is 615. The van der Waals surface area contributed by atoms with Crippen LogP contribution in [0.15, 0.2) is 36.5 Å². The molecule has 0 spiro atoms. The predicted octanol–water partition coefficient (Wildman–Crippen LogP) is 1.71. The fourth-order valence-corrected chi connectivity index (χ4v) is 2.86. The van der Waals surface area contributed by atoms with Crippen molar-refractivity contribution in [3.63, 3.8) is 0 Å². The van der Waals surface area contributed by atoms with E-state index in [-0.39, 0.29) is 0 Å². The number of aromatic nitrogens is 1. The molecule has 0 amide bonds. The molecule has 3 aromatic rings. The molecule has 0 atom stereocenters. The van der Waals surface area contributed by atoms with Gasteiger partial charge in [0.15, 0.2) is 0 Å². The molecule has 0 saturated heterocycles. The van der Waals surface area contributed by atoms with Gasteiger partial charge in [-0.25, -0.2) is 0 Å². The molecule has 0 aliphatic rings. The molecule has 0 N–H and O–H groups in total. The molecular formula is C11H8BNS. The summed E-state index contributed by atoms with van der Waals surface area (Å²) in [6.07, 6.45) is 1.89. The SMILES string of the molecule is Bc1ccnc2c1sc1ccccc12. The van der Waals surface area contributed by atoms with Crippen LogP contribution < -0.4 is 5.46 Å². The predicted molar refractivity (Wildman–Crippen MR) is 65.3 cm³/mol. The molecule has 0 bridgehead atoms. The fourth-order valence-electron chi connectivity index (χ4n) is 1.73. The molecule has 0 fully saturated rings. The Morgan fingerprint density at radius 3 is 2.93 bits per heavy atom. The van der Waals surface area contributed by atoms with Crippen molar-refractivity contribution >= 4 is 44.9 Å². The maximum Gasteiger partial charge on any atom is 0.141 e. The topological polar surface area (TPSA) is 12.9 Å². The van der Waals surface area contributed by atoms with Crippen LogP contribution in [-0.4, -0.2) is 12.8 Å². The van der Waals surface area contributed by atoms with Gasteiger partial charge in [-0.1, -0.05) is 23.7 Å². The lowest BCUT2D eigenvalue weighted by Gasteiger charge is -1.92. The van der Waals surface area contributed by atoms with Gasteiger partial charge < -0.3 is 0 Å². The number of nitrogens with zero attached hydrogens (tertiary/aromatic N) is 1. The average Bonchev–Trinajstić information content (AvgIpc) is 2.59. The summed E-state index contributed by atoms with van der Waals surface area (Å²) in [6, 6.07) is 10.5. The van der Waals surface area contributed by atoms with Gasteiger partial charge in [0.05, 0.1) is 5.52 Å². The van der Waals surface area contributed by atoms with Gasteiger partial charge in [-0.15, -0.1) is 11.3 Å². The number of fused-ring (bicyclic) bond motifs is 3. The van der Waals surface area contributed by atoms with E-state index in [9.17, 15) is 0 Å². The van der Waals surface area contributed by atoms with Crippen LogP contribution in [0.4, 0.5) is 0 Å². The standard InChI is InChI=1S/C11H8BNS/c12-8-5-6-13-10-7-3-1-2-4-9(7)14-11(8)10/h1-6H,12H2. The van der Waals surface area contributed by atoms with Gasteiger partial charge in [-0.05, 0) is 12.1 Å². The number of hydrogen-bond donors (Lipinski definition) is 0. The first kappa shape index (κ1) is 8.00. The van der Waals surface area contributed by atoms with Crippen LogP contribution >= 0.6 is 11.3 Å². The number of hydrogen-bond acceptors (Lipinski definition) is 2. The van der Waals surface area contributed by atoms with E-state index in [1.54, 1.807) is 0 Å². The number of pyridine rings is 1. The van der Waals surface area contributed by atoms with Gasteiger partial charge in [-0.2, -0.15) is 0 Å². The third-order valence-corrected chi connectivity index (χ3v) is 3.75. The normalized spacial score (nSPS) is 11.1. The lowest BCUT2D eigenvalue weighted by molar-refractivity contribution is 1.45. The van der Waals surface area contributed by atoms with E-state index in [1.807, 2.05) is 17.5 Å². The van der Waals surface area contributed by atoms with Gasteiger partial charge in [-0.3, -0.25) is 4.98 Å². The van der Waals surface area contributed by atoms with Crippen molar-refractivity contribution in [1.82, 2.24) is 4.98 Å². The number of rotatable bonds is 0. The molecule has 0 aliphatic heterocycles. The van der Waals surface area contributed by atoms with E-state index in [1.165, 1.54) is 20.2 Å². The van der Waals surface area contributed by atoms with Crippen LogP contribution in [0.3, 0.4) is 0 Å².